The van der Waals surface area contributed by atoms with Gasteiger partial charge in [0.05, 0.1) is 7.11 Å². The van der Waals surface area contributed by atoms with Gasteiger partial charge in [0.25, 0.3) is 5.91 Å². The quantitative estimate of drug-likeness (QED) is 0.592. The standard InChI is InChI=1S/C22H23N3O3/c1-28-17-6-4-5-14(11-17)21(26)25-20(22(27)24-16-9-10-16)12-15-13-23-19-8-3-2-7-18(15)19/h2-8,11,13,16,20,23H,9-10,12H2,1H3,(H,24,27)(H,25,26)/t20-/m0/s1. The number of nitrogens with one attached hydrogen (secondary N) is 3. The summed E-state index contributed by atoms with van der Waals surface area (Å²) >= 11 is 0. The van der Waals surface area contributed by atoms with Crippen LogP contribution in [-0.4, -0.2) is 36.0 Å². The van der Waals surface area contributed by atoms with E-state index >= 15 is 0 Å². The number of amides is 2. The lowest BCUT2D eigenvalue weighted by Gasteiger charge is -2.18. The van der Waals surface area contributed by atoms with Crippen LogP contribution in [0.1, 0.15) is 28.8 Å². The van der Waals surface area contributed by atoms with Crippen molar-refractivity contribution in [3.8, 4) is 5.75 Å². The van der Waals surface area contributed by atoms with Crippen molar-refractivity contribution >= 4 is 22.7 Å². The van der Waals surface area contributed by atoms with Crippen LogP contribution in [0.15, 0.2) is 54.7 Å². The zero-order valence-corrected chi connectivity index (χ0v) is 15.7. The van der Waals surface area contributed by atoms with Gasteiger partial charge in [-0.3, -0.25) is 9.59 Å². The van der Waals surface area contributed by atoms with Gasteiger partial charge in [0.2, 0.25) is 5.91 Å². The van der Waals surface area contributed by atoms with Crippen LogP contribution in [0, 0.1) is 0 Å². The molecule has 0 saturated heterocycles. The van der Waals surface area contributed by atoms with Crippen LogP contribution in [0.5, 0.6) is 5.75 Å². The molecule has 0 bridgehead atoms. The average Bonchev–Trinajstić information content (AvgIpc) is 3.45. The summed E-state index contributed by atoms with van der Waals surface area (Å²) in [5, 5.41) is 6.96. The minimum atomic E-state index is -0.654. The molecule has 0 aliphatic heterocycles. The average molecular weight is 377 g/mol. The van der Waals surface area contributed by atoms with E-state index in [-0.39, 0.29) is 17.9 Å². The number of aromatic amines is 1. The first-order valence-electron chi connectivity index (χ1n) is 9.44. The fraction of sp³-hybridized carbons (Fsp3) is 0.273. The Morgan fingerprint density at radius 3 is 2.79 bits per heavy atom. The zero-order valence-electron chi connectivity index (χ0n) is 15.7. The Morgan fingerprint density at radius 2 is 2.00 bits per heavy atom. The third-order valence-electron chi connectivity index (χ3n) is 4.98. The minimum Gasteiger partial charge on any atom is -0.497 e. The number of fused-ring (bicyclic) bond motifs is 1. The first-order chi connectivity index (χ1) is 13.6. The van der Waals surface area contributed by atoms with Crippen LogP contribution in [0.4, 0.5) is 0 Å². The molecule has 28 heavy (non-hydrogen) atoms. The number of aromatic nitrogens is 1. The Kier molecular flexibility index (Phi) is 5.02. The fourth-order valence-corrected chi connectivity index (χ4v) is 3.27. The molecule has 1 aliphatic rings. The van der Waals surface area contributed by atoms with Crippen molar-refractivity contribution < 1.29 is 14.3 Å². The van der Waals surface area contributed by atoms with Crippen molar-refractivity contribution in [2.24, 2.45) is 0 Å². The third-order valence-corrected chi connectivity index (χ3v) is 4.98. The first-order valence-corrected chi connectivity index (χ1v) is 9.44. The van der Waals surface area contributed by atoms with Gasteiger partial charge in [0, 0.05) is 35.1 Å². The maximum atomic E-state index is 12.8. The number of para-hydroxylation sites is 1. The van der Waals surface area contributed by atoms with Gasteiger partial charge < -0.3 is 20.4 Å². The largest absolute Gasteiger partial charge is 0.497 e. The molecule has 6 nitrogen and oxygen atoms in total. The van der Waals surface area contributed by atoms with E-state index < -0.39 is 6.04 Å². The number of carbonyl (C=O) groups excluding carboxylic acids is 2. The molecule has 1 atom stereocenters. The Balaban J connectivity index is 1.56. The Hall–Kier alpha value is -3.28. The maximum Gasteiger partial charge on any atom is 0.252 e. The van der Waals surface area contributed by atoms with Gasteiger partial charge in [0.1, 0.15) is 11.8 Å². The molecule has 1 aliphatic carbocycles. The summed E-state index contributed by atoms with van der Waals surface area (Å²) in [5.41, 5.74) is 2.47. The van der Waals surface area contributed by atoms with Gasteiger partial charge in [-0.2, -0.15) is 0 Å². The van der Waals surface area contributed by atoms with Crippen LogP contribution >= 0.6 is 0 Å². The molecule has 3 aromatic rings. The number of rotatable bonds is 7. The lowest BCUT2D eigenvalue weighted by atomic mass is 10.0. The molecule has 144 valence electrons. The predicted molar refractivity (Wildman–Crippen MR) is 107 cm³/mol. The Bertz CT molecular complexity index is 1010. The second kappa shape index (κ2) is 7.76. The van der Waals surface area contributed by atoms with E-state index in [0.29, 0.717) is 17.7 Å². The summed E-state index contributed by atoms with van der Waals surface area (Å²) in [6, 6.07) is 14.4. The number of carbonyl (C=O) groups is 2. The van der Waals surface area contributed by atoms with E-state index in [1.54, 1.807) is 31.4 Å². The highest BCUT2D eigenvalue weighted by Gasteiger charge is 2.29. The minimum absolute atomic E-state index is 0.149. The molecule has 0 spiro atoms. The van der Waals surface area contributed by atoms with Crippen molar-refractivity contribution in [3.63, 3.8) is 0 Å². The number of ether oxygens (including phenoxy) is 1. The highest BCUT2D eigenvalue weighted by Crippen LogP contribution is 2.22. The zero-order chi connectivity index (χ0) is 19.5. The number of hydrogen-bond acceptors (Lipinski definition) is 3. The normalized spacial score (nSPS) is 14.5. The van der Waals surface area contributed by atoms with Crippen molar-refractivity contribution in [2.75, 3.05) is 7.11 Å². The molecule has 1 fully saturated rings. The Morgan fingerprint density at radius 1 is 1.18 bits per heavy atom. The van der Waals surface area contributed by atoms with Crippen molar-refractivity contribution in [1.82, 2.24) is 15.6 Å². The highest BCUT2D eigenvalue weighted by atomic mass is 16.5. The van der Waals surface area contributed by atoms with Crippen molar-refractivity contribution in [1.29, 1.82) is 0 Å². The summed E-state index contributed by atoms with van der Waals surface area (Å²) in [6.45, 7) is 0. The fourth-order valence-electron chi connectivity index (χ4n) is 3.27. The lowest BCUT2D eigenvalue weighted by Crippen LogP contribution is -2.48. The van der Waals surface area contributed by atoms with Crippen LogP contribution in [0.25, 0.3) is 10.9 Å². The summed E-state index contributed by atoms with van der Waals surface area (Å²) < 4.78 is 5.19. The van der Waals surface area contributed by atoms with E-state index in [1.165, 1.54) is 0 Å². The molecule has 0 unspecified atom stereocenters. The van der Waals surface area contributed by atoms with Gasteiger partial charge >= 0.3 is 0 Å². The van der Waals surface area contributed by atoms with Gasteiger partial charge in [0.15, 0.2) is 0 Å². The SMILES string of the molecule is COc1cccc(C(=O)N[C@@H](Cc2c[nH]c3ccccc23)C(=O)NC2CC2)c1. The smallest absolute Gasteiger partial charge is 0.252 e. The summed E-state index contributed by atoms with van der Waals surface area (Å²) in [7, 11) is 1.56. The molecule has 0 radical (unpaired) electrons. The number of methoxy groups -OCH3 is 1. The summed E-state index contributed by atoms with van der Waals surface area (Å²) in [4.78, 5) is 28.8. The molecule has 4 rings (SSSR count). The molecule has 1 heterocycles. The van der Waals surface area contributed by atoms with Gasteiger partial charge in [-0.25, -0.2) is 0 Å². The molecule has 1 saturated carbocycles. The van der Waals surface area contributed by atoms with Gasteiger partial charge in [-0.15, -0.1) is 0 Å². The molecule has 6 heteroatoms. The molecule has 3 N–H and O–H groups in total. The van der Waals surface area contributed by atoms with Crippen LogP contribution in [0.3, 0.4) is 0 Å². The van der Waals surface area contributed by atoms with Crippen LogP contribution in [0.2, 0.25) is 0 Å². The monoisotopic (exact) mass is 377 g/mol. The predicted octanol–water partition coefficient (Wildman–Crippen LogP) is 2.80. The van der Waals surface area contributed by atoms with E-state index in [2.05, 4.69) is 15.6 Å². The summed E-state index contributed by atoms with van der Waals surface area (Å²) in [5.74, 6) is 0.155. The maximum absolute atomic E-state index is 12.8. The molecular weight excluding hydrogens is 354 g/mol. The Labute approximate surface area is 163 Å². The van der Waals surface area contributed by atoms with Crippen molar-refractivity contribution in [2.45, 2.75) is 31.3 Å². The number of benzene rings is 2. The van der Waals surface area contributed by atoms with E-state index in [9.17, 15) is 9.59 Å². The number of H-pyrrole nitrogens is 1. The topological polar surface area (TPSA) is 83.2 Å². The molecule has 1 aromatic heterocycles. The molecule has 2 aromatic carbocycles. The second-order valence-electron chi connectivity index (χ2n) is 7.10. The van der Waals surface area contributed by atoms with E-state index in [0.717, 1.165) is 29.3 Å². The highest BCUT2D eigenvalue weighted by molar-refractivity contribution is 5.98. The van der Waals surface area contributed by atoms with Crippen LogP contribution in [-0.2, 0) is 11.2 Å². The molecule has 2 amide bonds. The van der Waals surface area contributed by atoms with E-state index in [1.807, 2.05) is 30.5 Å². The summed E-state index contributed by atoms with van der Waals surface area (Å²) in [6.07, 6.45) is 4.31. The third kappa shape index (κ3) is 4.01. The van der Waals surface area contributed by atoms with Crippen molar-refractivity contribution in [3.05, 3.63) is 65.9 Å². The first kappa shape index (κ1) is 18.1. The molecular formula is C22H23N3O3. The van der Waals surface area contributed by atoms with Crippen LogP contribution < -0.4 is 15.4 Å². The van der Waals surface area contributed by atoms with E-state index in [4.69, 9.17) is 4.74 Å². The number of hydrogen-bond donors (Lipinski definition) is 3. The van der Waals surface area contributed by atoms with Gasteiger partial charge in [-0.1, -0.05) is 24.3 Å². The van der Waals surface area contributed by atoms with Gasteiger partial charge in [-0.05, 0) is 42.7 Å². The lowest BCUT2D eigenvalue weighted by molar-refractivity contribution is -0.123. The second-order valence-corrected chi connectivity index (χ2v) is 7.10.